The van der Waals surface area contributed by atoms with E-state index in [4.69, 9.17) is 4.43 Å². The van der Waals surface area contributed by atoms with E-state index < -0.39 is 8.32 Å². The van der Waals surface area contributed by atoms with E-state index in [2.05, 4.69) is 45.7 Å². The Morgan fingerprint density at radius 1 is 1.00 bits per heavy atom. The van der Waals surface area contributed by atoms with Crippen LogP contribution in [0.15, 0.2) is 0 Å². The van der Waals surface area contributed by atoms with Gasteiger partial charge in [0.1, 0.15) is 5.60 Å². The van der Waals surface area contributed by atoms with E-state index in [1.54, 1.807) is 0 Å². The highest BCUT2D eigenvalue weighted by atomic mass is 28.4. The fraction of sp³-hybridized carbons (Fsp3) is 0.833. The maximum Gasteiger partial charge on any atom is 0.194 e. The first-order valence-corrected chi connectivity index (χ1v) is 8.07. The summed E-state index contributed by atoms with van der Waals surface area (Å²) in [5.74, 6) is 6.04. The van der Waals surface area contributed by atoms with Gasteiger partial charge in [-0.05, 0) is 38.9 Å². The fourth-order valence-electron chi connectivity index (χ4n) is 1.12. The van der Waals surface area contributed by atoms with E-state index in [1.807, 2.05) is 20.8 Å². The van der Waals surface area contributed by atoms with Crippen molar-refractivity contribution in [2.75, 3.05) is 0 Å². The van der Waals surface area contributed by atoms with Crippen LogP contribution in [0, 0.1) is 11.8 Å². The molecule has 0 N–H and O–H groups in total. The Balaban J connectivity index is 4.73. The molecule has 0 amide bonds. The van der Waals surface area contributed by atoms with Gasteiger partial charge in [-0.3, -0.25) is 0 Å². The van der Waals surface area contributed by atoms with Gasteiger partial charge in [-0.1, -0.05) is 26.7 Å². The second-order valence-corrected chi connectivity index (χ2v) is 10.5. The third kappa shape index (κ3) is 3.85. The molecule has 0 aromatic rings. The van der Waals surface area contributed by atoms with Crippen molar-refractivity contribution in [1.82, 2.24) is 0 Å². The molecule has 2 heteroatoms. The lowest BCUT2D eigenvalue weighted by Crippen LogP contribution is -2.46. The lowest BCUT2D eigenvalue weighted by Gasteiger charge is -2.40. The molecular weight excluding hydrogens is 188 g/mol. The molecule has 0 aromatic heterocycles. The van der Waals surface area contributed by atoms with E-state index in [-0.39, 0.29) is 10.6 Å². The minimum absolute atomic E-state index is 0.250. The van der Waals surface area contributed by atoms with Crippen LogP contribution >= 0.6 is 0 Å². The van der Waals surface area contributed by atoms with Gasteiger partial charge in [0, 0.05) is 0 Å². The number of rotatable bonds is 2. The van der Waals surface area contributed by atoms with Crippen molar-refractivity contribution in [2.24, 2.45) is 0 Å². The summed E-state index contributed by atoms with van der Waals surface area (Å²) >= 11 is 0. The zero-order valence-corrected chi connectivity index (χ0v) is 11.9. The van der Waals surface area contributed by atoms with E-state index in [0.29, 0.717) is 0 Å². The molecule has 0 saturated heterocycles. The first-order chi connectivity index (χ1) is 6.02. The van der Waals surface area contributed by atoms with Crippen LogP contribution in [0.4, 0.5) is 0 Å². The molecule has 0 aliphatic heterocycles. The third-order valence-electron chi connectivity index (χ3n) is 2.74. The summed E-state index contributed by atoms with van der Waals surface area (Å²) < 4.78 is 6.20. The number of hydrogen-bond acceptors (Lipinski definition) is 1. The summed E-state index contributed by atoms with van der Waals surface area (Å²) in [4.78, 5) is 0. The normalized spacial score (nSPS) is 13.4. The summed E-state index contributed by atoms with van der Waals surface area (Å²) in [7, 11) is -1.68. The predicted molar refractivity (Wildman–Crippen MR) is 65.8 cm³/mol. The molecule has 0 atom stereocenters. The maximum atomic E-state index is 6.20. The van der Waals surface area contributed by atoms with Gasteiger partial charge >= 0.3 is 0 Å². The molecule has 0 rings (SSSR count). The molecule has 0 heterocycles. The second-order valence-electron chi connectivity index (χ2n) is 5.75. The maximum absolute atomic E-state index is 6.20. The van der Waals surface area contributed by atoms with Crippen LogP contribution in [0.2, 0.25) is 18.1 Å². The third-order valence-corrected chi connectivity index (χ3v) is 7.38. The van der Waals surface area contributed by atoms with Gasteiger partial charge < -0.3 is 4.43 Å². The highest BCUT2D eigenvalue weighted by Gasteiger charge is 2.40. The largest absolute Gasteiger partial charge is 0.401 e. The molecule has 0 aliphatic rings. The molecule has 82 valence electrons. The van der Waals surface area contributed by atoms with Gasteiger partial charge in [0.15, 0.2) is 8.32 Å². The van der Waals surface area contributed by atoms with Crippen molar-refractivity contribution < 1.29 is 4.43 Å². The van der Waals surface area contributed by atoms with Crippen molar-refractivity contribution in [2.45, 2.75) is 65.3 Å². The summed E-state index contributed by atoms with van der Waals surface area (Å²) in [6.07, 6.45) is 0. The monoisotopic (exact) mass is 212 g/mol. The van der Waals surface area contributed by atoms with Gasteiger partial charge in [0.25, 0.3) is 0 Å². The minimum Gasteiger partial charge on any atom is -0.401 e. The van der Waals surface area contributed by atoms with Crippen LogP contribution in [0.3, 0.4) is 0 Å². The van der Waals surface area contributed by atoms with E-state index in [1.165, 1.54) is 0 Å². The van der Waals surface area contributed by atoms with E-state index in [0.717, 1.165) is 0 Å². The van der Waals surface area contributed by atoms with Crippen molar-refractivity contribution in [3.63, 3.8) is 0 Å². The van der Waals surface area contributed by atoms with Crippen LogP contribution in [0.25, 0.3) is 0 Å². The standard InChI is InChI=1S/C12H24OSi/c1-9-10-12(5,6)13-14(7,8)11(2,3)4/h1-8H3. The lowest BCUT2D eigenvalue weighted by molar-refractivity contribution is 0.151. The minimum atomic E-state index is -1.68. The Labute approximate surface area is 90.4 Å². The number of hydrogen-bond donors (Lipinski definition) is 0. The smallest absolute Gasteiger partial charge is 0.194 e. The van der Waals surface area contributed by atoms with E-state index >= 15 is 0 Å². The van der Waals surface area contributed by atoms with Crippen molar-refractivity contribution in [3.05, 3.63) is 0 Å². The van der Waals surface area contributed by atoms with Crippen molar-refractivity contribution >= 4 is 8.32 Å². The molecule has 14 heavy (non-hydrogen) atoms. The molecule has 0 radical (unpaired) electrons. The Morgan fingerprint density at radius 3 is 1.71 bits per heavy atom. The fourth-order valence-corrected chi connectivity index (χ4v) is 2.75. The molecule has 0 fully saturated rings. The molecule has 0 spiro atoms. The quantitative estimate of drug-likeness (QED) is 0.499. The summed E-state index contributed by atoms with van der Waals surface area (Å²) in [5, 5.41) is 0.250. The van der Waals surface area contributed by atoms with Gasteiger partial charge in [0.2, 0.25) is 0 Å². The highest BCUT2D eigenvalue weighted by molar-refractivity contribution is 6.74. The molecule has 1 nitrogen and oxygen atoms in total. The highest BCUT2D eigenvalue weighted by Crippen LogP contribution is 2.38. The summed E-state index contributed by atoms with van der Waals surface area (Å²) in [6.45, 7) is 17.2. The van der Waals surface area contributed by atoms with Gasteiger partial charge in [-0.25, -0.2) is 0 Å². The molecular formula is C12H24OSi. The summed E-state index contributed by atoms with van der Waals surface area (Å²) in [6, 6.07) is 0. The second kappa shape index (κ2) is 4.08. The Morgan fingerprint density at radius 2 is 1.43 bits per heavy atom. The average molecular weight is 212 g/mol. The van der Waals surface area contributed by atoms with Crippen molar-refractivity contribution in [1.29, 1.82) is 0 Å². The zero-order valence-electron chi connectivity index (χ0n) is 10.9. The van der Waals surface area contributed by atoms with Gasteiger partial charge in [0.05, 0.1) is 0 Å². The lowest BCUT2D eigenvalue weighted by atomic mass is 10.1. The van der Waals surface area contributed by atoms with Crippen LogP contribution in [-0.4, -0.2) is 13.9 Å². The van der Waals surface area contributed by atoms with E-state index in [9.17, 15) is 0 Å². The van der Waals surface area contributed by atoms with Crippen molar-refractivity contribution in [3.8, 4) is 11.8 Å². The molecule has 0 aliphatic carbocycles. The predicted octanol–water partition coefficient (Wildman–Crippen LogP) is 3.81. The van der Waals surface area contributed by atoms with Gasteiger partial charge in [-0.15, -0.1) is 5.92 Å². The van der Waals surface area contributed by atoms with Crippen LogP contribution < -0.4 is 0 Å². The first-order valence-electron chi connectivity index (χ1n) is 5.16. The Bertz CT molecular complexity index is 248. The average Bonchev–Trinajstić information content (AvgIpc) is 1.80. The summed E-state index contributed by atoms with van der Waals surface area (Å²) in [5.41, 5.74) is -0.308. The van der Waals surface area contributed by atoms with Crippen LogP contribution in [0.1, 0.15) is 41.5 Å². The van der Waals surface area contributed by atoms with Crippen LogP contribution in [-0.2, 0) is 4.43 Å². The molecule has 0 unspecified atom stereocenters. The Kier molecular flexibility index (Phi) is 4.00. The zero-order chi connectivity index (χ0) is 11.6. The molecule has 0 saturated carbocycles. The first kappa shape index (κ1) is 13.7. The molecule has 0 aromatic carbocycles. The topological polar surface area (TPSA) is 9.23 Å². The Hall–Kier alpha value is -0.263. The molecule has 0 bridgehead atoms. The van der Waals surface area contributed by atoms with Gasteiger partial charge in [-0.2, -0.15) is 0 Å². The SMILES string of the molecule is CC#CC(C)(C)O[Si](C)(C)C(C)(C)C. The van der Waals surface area contributed by atoms with Crippen LogP contribution in [0.5, 0.6) is 0 Å².